The number of carbonyl (C=O) groups excluding carboxylic acids is 2. The lowest BCUT2D eigenvalue weighted by molar-refractivity contribution is -0.130. The largest absolute Gasteiger partial charge is 0.367 e. The Hall–Kier alpha value is -3.84. The number of rotatable bonds is 6. The van der Waals surface area contributed by atoms with Gasteiger partial charge in [0.25, 0.3) is 0 Å². The van der Waals surface area contributed by atoms with Crippen molar-refractivity contribution < 1.29 is 14.4 Å². The summed E-state index contributed by atoms with van der Waals surface area (Å²) in [5.74, 6) is -0.678. The number of nitrogens with zero attached hydrogens (tertiary/aromatic N) is 3. The maximum atomic E-state index is 13.8. The molecule has 0 heterocycles. The third kappa shape index (κ3) is 4.31. The van der Waals surface area contributed by atoms with Crippen LogP contribution in [0.5, 0.6) is 0 Å². The number of carbonyl (C=O) groups is 2. The van der Waals surface area contributed by atoms with Crippen LogP contribution in [0.25, 0.3) is 0 Å². The summed E-state index contributed by atoms with van der Waals surface area (Å²) in [6, 6.07) is 23.5. The summed E-state index contributed by atoms with van der Waals surface area (Å²) in [7, 11) is 0. The van der Waals surface area contributed by atoms with Crippen molar-refractivity contribution in [3.63, 3.8) is 0 Å². The normalized spacial score (nSPS) is 24.6. The van der Waals surface area contributed by atoms with Crippen LogP contribution in [0.3, 0.4) is 0 Å². The van der Waals surface area contributed by atoms with Gasteiger partial charge in [0, 0.05) is 17.5 Å². The van der Waals surface area contributed by atoms with E-state index in [0.717, 1.165) is 24.2 Å². The van der Waals surface area contributed by atoms with Gasteiger partial charge in [-0.2, -0.15) is 10.2 Å². The Morgan fingerprint density at radius 3 is 2.16 bits per heavy atom. The topological polar surface area (TPSA) is 92.5 Å². The lowest BCUT2D eigenvalue weighted by Crippen LogP contribution is -2.43. The van der Waals surface area contributed by atoms with Crippen LogP contribution in [-0.4, -0.2) is 17.6 Å². The summed E-state index contributed by atoms with van der Waals surface area (Å²) >= 11 is 6.13. The van der Waals surface area contributed by atoms with Crippen LogP contribution >= 0.6 is 11.6 Å². The Morgan fingerprint density at radius 2 is 1.47 bits per heavy atom. The van der Waals surface area contributed by atoms with Crippen molar-refractivity contribution in [1.82, 2.24) is 0 Å². The zero-order valence-corrected chi connectivity index (χ0v) is 22.3. The first-order valence-corrected chi connectivity index (χ1v) is 13.0. The molecule has 7 nitrogen and oxygen atoms in total. The number of amides is 1. The summed E-state index contributed by atoms with van der Waals surface area (Å²) in [6.07, 6.45) is 1.92. The number of halogens is 1. The molecule has 8 heteroatoms. The smallest absolute Gasteiger partial charge is 0.326 e. The molecule has 0 spiro atoms. The Kier molecular flexibility index (Phi) is 6.65. The summed E-state index contributed by atoms with van der Waals surface area (Å²) in [5, 5.41) is 16.2. The zero-order chi connectivity index (χ0) is 27.0. The Morgan fingerprint density at radius 1 is 0.842 bits per heavy atom. The maximum absolute atomic E-state index is 13.8. The molecule has 2 aliphatic rings. The molecule has 1 N–H and O–H groups in total. The highest BCUT2D eigenvalue weighted by atomic mass is 35.5. The molecule has 2 saturated carbocycles. The SMILES string of the molecule is CC12CCC(C(=O)Nc3ccc(N=Nc4ccccc4)cc3)(CC1=NOC(=O)c1ccccc1Cl)C2(C)C. The maximum Gasteiger partial charge on any atom is 0.367 e. The van der Waals surface area contributed by atoms with Crippen molar-refractivity contribution in [2.24, 2.45) is 31.6 Å². The van der Waals surface area contributed by atoms with E-state index in [0.29, 0.717) is 22.8 Å². The standard InChI is InChI=1S/C30H29ClN4O3/c1-28(2)29(3)17-18-30(28,19-25(29)35-38-26(36)23-11-7-8-12-24(23)31)27(37)32-20-13-15-22(16-14-20)34-33-21-9-5-4-6-10-21/h4-16H,17-19H2,1-3H3,(H,32,37). The van der Waals surface area contributed by atoms with E-state index < -0.39 is 16.8 Å². The fraction of sp³-hybridized carbons (Fsp3) is 0.300. The zero-order valence-electron chi connectivity index (χ0n) is 21.6. The lowest BCUT2D eigenvalue weighted by atomic mass is 9.64. The van der Waals surface area contributed by atoms with Gasteiger partial charge in [-0.15, -0.1) is 0 Å². The van der Waals surface area contributed by atoms with Gasteiger partial charge in [0.1, 0.15) is 0 Å². The molecule has 194 valence electrons. The number of azo groups is 1. The quantitative estimate of drug-likeness (QED) is 0.199. The minimum Gasteiger partial charge on any atom is -0.326 e. The first-order valence-electron chi connectivity index (χ1n) is 12.6. The molecular weight excluding hydrogens is 500 g/mol. The molecular formula is C30H29ClN4O3. The highest BCUT2D eigenvalue weighted by molar-refractivity contribution is 6.33. The minimum absolute atomic E-state index is 0.0625. The van der Waals surface area contributed by atoms with Gasteiger partial charge in [0.2, 0.25) is 5.91 Å². The van der Waals surface area contributed by atoms with E-state index in [1.807, 2.05) is 54.6 Å². The van der Waals surface area contributed by atoms with E-state index in [1.54, 1.807) is 24.3 Å². The van der Waals surface area contributed by atoms with Gasteiger partial charge in [0.15, 0.2) is 0 Å². The average Bonchev–Trinajstić information content (AvgIpc) is 3.23. The van der Waals surface area contributed by atoms with Gasteiger partial charge in [-0.25, -0.2) is 4.79 Å². The van der Waals surface area contributed by atoms with Crippen LogP contribution in [0, 0.1) is 16.2 Å². The third-order valence-corrected chi connectivity index (χ3v) is 8.99. The molecule has 3 aromatic carbocycles. The second-order valence-corrected chi connectivity index (χ2v) is 11.1. The van der Waals surface area contributed by atoms with E-state index in [9.17, 15) is 9.59 Å². The summed E-state index contributed by atoms with van der Waals surface area (Å²) in [5.41, 5.74) is 1.66. The molecule has 0 aromatic heterocycles. The lowest BCUT2D eigenvalue weighted by Gasteiger charge is -2.39. The summed E-state index contributed by atoms with van der Waals surface area (Å²) in [4.78, 5) is 31.7. The molecule has 0 saturated heterocycles. The average molecular weight is 529 g/mol. The number of fused-ring (bicyclic) bond motifs is 2. The van der Waals surface area contributed by atoms with Gasteiger partial charge in [-0.1, -0.05) is 67.9 Å². The van der Waals surface area contributed by atoms with Crippen molar-refractivity contribution in [3.05, 3.63) is 89.4 Å². The van der Waals surface area contributed by atoms with Gasteiger partial charge in [0.05, 0.1) is 33.1 Å². The molecule has 2 atom stereocenters. The van der Waals surface area contributed by atoms with Crippen LogP contribution in [0.1, 0.15) is 50.4 Å². The first-order chi connectivity index (χ1) is 18.2. The predicted molar refractivity (Wildman–Crippen MR) is 148 cm³/mol. The molecule has 2 fully saturated rings. The van der Waals surface area contributed by atoms with Crippen molar-refractivity contribution in [2.75, 3.05) is 5.32 Å². The number of oxime groups is 1. The molecule has 5 rings (SSSR count). The molecule has 0 radical (unpaired) electrons. The van der Waals surface area contributed by atoms with Crippen molar-refractivity contribution >= 4 is 46.3 Å². The Balaban J connectivity index is 1.31. The molecule has 2 aliphatic carbocycles. The predicted octanol–water partition coefficient (Wildman–Crippen LogP) is 8.12. The van der Waals surface area contributed by atoms with Crippen LogP contribution in [-0.2, 0) is 9.63 Å². The van der Waals surface area contributed by atoms with E-state index in [1.165, 1.54) is 0 Å². The van der Waals surface area contributed by atoms with Gasteiger partial charge in [-0.3, -0.25) is 4.79 Å². The third-order valence-electron chi connectivity index (χ3n) is 8.66. The Bertz CT molecular complexity index is 1440. The number of benzene rings is 3. The van der Waals surface area contributed by atoms with Crippen LogP contribution < -0.4 is 5.32 Å². The van der Waals surface area contributed by atoms with E-state index in [4.69, 9.17) is 16.4 Å². The molecule has 1 amide bonds. The fourth-order valence-corrected chi connectivity index (χ4v) is 5.98. The van der Waals surface area contributed by atoms with Crippen LogP contribution in [0.4, 0.5) is 17.1 Å². The highest BCUT2D eigenvalue weighted by Gasteiger charge is 2.71. The highest BCUT2D eigenvalue weighted by Crippen LogP contribution is 2.71. The number of hydrogen-bond donors (Lipinski definition) is 1. The Labute approximate surface area is 226 Å². The van der Waals surface area contributed by atoms with Crippen LogP contribution in [0.15, 0.2) is 94.2 Å². The van der Waals surface area contributed by atoms with Gasteiger partial charge >= 0.3 is 5.97 Å². The second kappa shape index (κ2) is 9.80. The summed E-state index contributed by atoms with van der Waals surface area (Å²) < 4.78 is 0. The van der Waals surface area contributed by atoms with Crippen molar-refractivity contribution in [3.8, 4) is 0 Å². The molecule has 0 aliphatic heterocycles. The number of hydrogen-bond acceptors (Lipinski definition) is 6. The molecule has 2 unspecified atom stereocenters. The van der Waals surface area contributed by atoms with E-state index in [2.05, 4.69) is 41.5 Å². The van der Waals surface area contributed by atoms with Crippen LogP contribution in [0.2, 0.25) is 5.02 Å². The molecule has 3 aromatic rings. The number of nitrogens with one attached hydrogen (secondary N) is 1. The van der Waals surface area contributed by atoms with Crippen molar-refractivity contribution in [1.29, 1.82) is 0 Å². The monoisotopic (exact) mass is 528 g/mol. The van der Waals surface area contributed by atoms with E-state index >= 15 is 0 Å². The molecule has 38 heavy (non-hydrogen) atoms. The summed E-state index contributed by atoms with van der Waals surface area (Å²) in [6.45, 7) is 6.31. The second-order valence-electron chi connectivity index (χ2n) is 10.6. The van der Waals surface area contributed by atoms with E-state index in [-0.39, 0.29) is 16.9 Å². The van der Waals surface area contributed by atoms with Crippen molar-refractivity contribution in [2.45, 2.75) is 40.0 Å². The number of anilines is 1. The first kappa shape index (κ1) is 25.8. The fourth-order valence-electron chi connectivity index (χ4n) is 5.77. The van der Waals surface area contributed by atoms with Gasteiger partial charge < -0.3 is 10.2 Å². The molecule has 2 bridgehead atoms. The minimum atomic E-state index is -0.678. The van der Waals surface area contributed by atoms with Gasteiger partial charge in [-0.05, 0) is 66.8 Å².